The smallest absolute Gasteiger partial charge is 0.0541 e. The fraction of sp³-hybridized carbons (Fsp3) is 0.0323. The van der Waals surface area contributed by atoms with Crippen LogP contribution in [-0.4, -0.2) is 11.1 Å². The highest BCUT2D eigenvalue weighted by Gasteiger charge is 2.17. The van der Waals surface area contributed by atoms with Crippen molar-refractivity contribution in [2.45, 2.75) is 0 Å². The molecule has 0 unspecified atom stereocenters. The lowest BCUT2D eigenvalue weighted by molar-refractivity contribution is 1.09. The van der Waals surface area contributed by atoms with Gasteiger partial charge in [-0.25, -0.2) is 0 Å². The van der Waals surface area contributed by atoms with Crippen molar-refractivity contribution < 1.29 is 0 Å². The Balaban J connectivity index is 1.60. The van der Waals surface area contributed by atoms with Crippen LogP contribution in [0.25, 0.3) is 33.1 Å². The summed E-state index contributed by atoms with van der Waals surface area (Å²) in [6.45, 7) is 5.21. The van der Waals surface area contributed by atoms with Gasteiger partial charge < -0.3 is 9.47 Å². The number of hydrogen-bond acceptors (Lipinski definition) is 1. The largest absolute Gasteiger partial charge is 0.337 e. The number of para-hydroxylation sites is 3. The van der Waals surface area contributed by atoms with E-state index in [0.29, 0.717) is 0 Å². The molecule has 0 radical (unpaired) electrons. The van der Waals surface area contributed by atoms with Gasteiger partial charge in [-0.2, -0.15) is 0 Å². The zero-order chi connectivity index (χ0) is 22.2. The molecular weight excluding hydrogens is 400 g/mol. The number of allylic oxidation sites excluding steroid dienone is 4. The van der Waals surface area contributed by atoms with Crippen LogP contribution in [0.3, 0.4) is 0 Å². The average molecular weight is 425 g/mol. The first-order valence-electron chi connectivity index (χ1n) is 11.3. The Labute approximate surface area is 194 Å². The van der Waals surface area contributed by atoms with E-state index >= 15 is 0 Å². The number of aromatic nitrogens is 1. The molecule has 0 spiro atoms. The highest BCUT2D eigenvalue weighted by Crippen LogP contribution is 2.37. The summed E-state index contributed by atoms with van der Waals surface area (Å²) in [4.78, 5) is 2.35. The van der Waals surface area contributed by atoms with Crippen molar-refractivity contribution >= 4 is 38.8 Å². The van der Waals surface area contributed by atoms with Crippen LogP contribution in [-0.2, 0) is 0 Å². The van der Waals surface area contributed by atoms with Crippen LogP contribution in [0.5, 0.6) is 0 Å². The van der Waals surface area contributed by atoms with Gasteiger partial charge in [0.2, 0.25) is 0 Å². The van der Waals surface area contributed by atoms with Crippen molar-refractivity contribution in [1.82, 2.24) is 4.57 Å². The van der Waals surface area contributed by atoms with E-state index in [2.05, 4.69) is 137 Å². The van der Waals surface area contributed by atoms with Crippen molar-refractivity contribution in [2.24, 2.45) is 0 Å². The minimum atomic E-state index is 0.795. The van der Waals surface area contributed by atoms with E-state index in [-0.39, 0.29) is 0 Å². The van der Waals surface area contributed by atoms with Crippen LogP contribution in [0, 0.1) is 0 Å². The van der Waals surface area contributed by atoms with E-state index < -0.39 is 0 Å². The van der Waals surface area contributed by atoms with Gasteiger partial charge in [-0.05, 0) is 48.0 Å². The van der Waals surface area contributed by atoms with E-state index in [9.17, 15) is 0 Å². The van der Waals surface area contributed by atoms with Crippen LogP contribution >= 0.6 is 0 Å². The predicted molar refractivity (Wildman–Crippen MR) is 142 cm³/mol. The molecule has 2 heterocycles. The minimum absolute atomic E-state index is 0.795. The molecule has 2 nitrogen and oxygen atoms in total. The monoisotopic (exact) mass is 424 g/mol. The molecule has 0 amide bonds. The van der Waals surface area contributed by atoms with E-state index in [1.807, 2.05) is 0 Å². The topological polar surface area (TPSA) is 8.17 Å². The maximum atomic E-state index is 4.42. The molecule has 6 rings (SSSR count). The number of rotatable bonds is 2. The minimum Gasteiger partial charge on any atom is -0.337 e. The van der Waals surface area contributed by atoms with Crippen LogP contribution in [0.1, 0.15) is 5.56 Å². The molecule has 2 heteroatoms. The maximum Gasteiger partial charge on any atom is 0.0541 e. The lowest BCUT2D eigenvalue weighted by Crippen LogP contribution is -2.18. The Morgan fingerprint density at radius 1 is 0.636 bits per heavy atom. The molecule has 1 aliphatic heterocycles. The van der Waals surface area contributed by atoms with Crippen molar-refractivity contribution in [3.63, 3.8) is 0 Å². The highest BCUT2D eigenvalue weighted by molar-refractivity contribution is 6.09. The summed E-state index contributed by atoms with van der Waals surface area (Å²) in [7, 11) is 0. The third-order valence-electron chi connectivity index (χ3n) is 6.36. The fourth-order valence-corrected chi connectivity index (χ4v) is 4.81. The zero-order valence-corrected chi connectivity index (χ0v) is 18.4. The second-order valence-electron chi connectivity index (χ2n) is 8.33. The van der Waals surface area contributed by atoms with Crippen LogP contribution < -0.4 is 4.90 Å². The zero-order valence-electron chi connectivity index (χ0n) is 18.4. The third kappa shape index (κ3) is 3.28. The maximum absolute atomic E-state index is 4.42. The molecule has 0 saturated heterocycles. The van der Waals surface area contributed by atoms with E-state index in [1.165, 1.54) is 27.5 Å². The number of anilines is 2. The van der Waals surface area contributed by atoms with Crippen LogP contribution in [0.4, 0.5) is 11.4 Å². The summed E-state index contributed by atoms with van der Waals surface area (Å²) in [5.74, 6) is 0. The third-order valence-corrected chi connectivity index (χ3v) is 6.36. The van der Waals surface area contributed by atoms with Crippen molar-refractivity contribution in [3.05, 3.63) is 134 Å². The summed E-state index contributed by atoms with van der Waals surface area (Å²) in [5.41, 5.74) is 8.03. The lowest BCUT2D eigenvalue weighted by Gasteiger charge is -2.27. The van der Waals surface area contributed by atoms with Crippen molar-refractivity contribution in [2.75, 3.05) is 11.4 Å². The van der Waals surface area contributed by atoms with E-state index in [4.69, 9.17) is 0 Å². The molecule has 0 N–H and O–H groups in total. The second-order valence-corrected chi connectivity index (χ2v) is 8.33. The Morgan fingerprint density at radius 3 is 2.03 bits per heavy atom. The molecular formula is C31H24N2. The molecule has 33 heavy (non-hydrogen) atoms. The highest BCUT2D eigenvalue weighted by atomic mass is 15.1. The van der Waals surface area contributed by atoms with Gasteiger partial charge >= 0.3 is 0 Å². The number of hydrogen-bond donors (Lipinski definition) is 0. The molecule has 0 aliphatic carbocycles. The van der Waals surface area contributed by atoms with Gasteiger partial charge in [0.05, 0.1) is 11.0 Å². The SMILES string of the molecule is C=C1/C=C\C=C/CN(c2ccccc2)c2ccc(-n3c4ccccc4c4ccccc43)cc21. The van der Waals surface area contributed by atoms with Crippen molar-refractivity contribution in [3.8, 4) is 5.69 Å². The first kappa shape index (κ1) is 19.4. The molecule has 1 aromatic heterocycles. The molecule has 0 atom stereocenters. The first-order chi connectivity index (χ1) is 16.3. The second kappa shape index (κ2) is 7.99. The Bertz CT molecular complexity index is 1500. The first-order valence-corrected chi connectivity index (χ1v) is 11.3. The number of benzene rings is 4. The average Bonchev–Trinajstić information content (AvgIpc) is 3.23. The molecule has 0 fully saturated rings. The van der Waals surface area contributed by atoms with Crippen LogP contribution in [0.15, 0.2) is 128 Å². The Morgan fingerprint density at radius 2 is 1.30 bits per heavy atom. The quantitative estimate of drug-likeness (QED) is 0.278. The van der Waals surface area contributed by atoms with Gasteiger partial charge in [0.25, 0.3) is 0 Å². The number of fused-ring (bicyclic) bond motifs is 4. The lowest BCUT2D eigenvalue weighted by atomic mass is 10.0. The molecule has 4 aromatic carbocycles. The van der Waals surface area contributed by atoms with Crippen LogP contribution in [0.2, 0.25) is 0 Å². The molecule has 158 valence electrons. The van der Waals surface area contributed by atoms with E-state index in [1.54, 1.807) is 0 Å². The fourth-order valence-electron chi connectivity index (χ4n) is 4.81. The molecule has 5 aromatic rings. The van der Waals surface area contributed by atoms with Gasteiger partial charge in [-0.15, -0.1) is 0 Å². The number of nitrogens with zero attached hydrogens (tertiary/aromatic N) is 2. The van der Waals surface area contributed by atoms with Gasteiger partial charge in [0.1, 0.15) is 0 Å². The molecule has 0 bridgehead atoms. The Kier molecular flexibility index (Phi) is 4.70. The molecule has 1 aliphatic rings. The Hall–Kier alpha value is -4.30. The van der Waals surface area contributed by atoms with Gasteiger partial charge in [-0.1, -0.05) is 85.5 Å². The normalized spacial score (nSPS) is 15.6. The predicted octanol–water partition coefficient (Wildman–Crippen LogP) is 8.06. The summed E-state index contributed by atoms with van der Waals surface area (Å²) < 4.78 is 2.36. The van der Waals surface area contributed by atoms with E-state index in [0.717, 1.165) is 29.1 Å². The van der Waals surface area contributed by atoms with Crippen molar-refractivity contribution in [1.29, 1.82) is 0 Å². The van der Waals surface area contributed by atoms with Gasteiger partial charge in [0, 0.05) is 39.9 Å². The summed E-state index contributed by atoms with van der Waals surface area (Å²) in [6.07, 6.45) is 8.46. The summed E-state index contributed by atoms with van der Waals surface area (Å²) in [5, 5.41) is 2.54. The summed E-state index contributed by atoms with van der Waals surface area (Å²) in [6, 6.07) is 34.6. The summed E-state index contributed by atoms with van der Waals surface area (Å²) >= 11 is 0. The standard InChI is InChI=1S/C31H24N2/c1-23-12-4-3-11-21-32(24-13-5-2-6-14-24)29-20-19-25(22-28(23)29)33-30-17-9-7-15-26(30)27-16-8-10-18-31(27)33/h2-20,22H,1,21H2/b11-3-,12-4-. The molecule has 0 saturated carbocycles. The van der Waals surface area contributed by atoms with Gasteiger partial charge in [-0.3, -0.25) is 0 Å². The van der Waals surface area contributed by atoms with Gasteiger partial charge in [0.15, 0.2) is 0 Å².